The number of amides is 1. The van der Waals surface area contributed by atoms with Gasteiger partial charge >= 0.3 is 6.09 Å². The van der Waals surface area contributed by atoms with Crippen LogP contribution in [0.4, 0.5) is 4.79 Å². The van der Waals surface area contributed by atoms with Crippen LogP contribution in [0.25, 0.3) is 0 Å². The number of nitrogens with one attached hydrogen (secondary N) is 1. The highest BCUT2D eigenvalue weighted by Gasteiger charge is 2.26. The number of aliphatic hydroxyl groups excluding tert-OH is 1. The summed E-state index contributed by atoms with van der Waals surface area (Å²) in [6.07, 6.45) is -0.303. The summed E-state index contributed by atoms with van der Waals surface area (Å²) in [7, 11) is 0. The van der Waals surface area contributed by atoms with E-state index in [1.807, 2.05) is 34.6 Å². The van der Waals surface area contributed by atoms with Crippen molar-refractivity contribution in [1.82, 2.24) is 10.2 Å². The molecule has 0 aromatic carbocycles. The molecule has 1 amide bonds. The van der Waals surface area contributed by atoms with Crippen LogP contribution in [-0.2, 0) is 4.74 Å². The lowest BCUT2D eigenvalue weighted by atomic mass is 10.2. The van der Waals surface area contributed by atoms with Crippen molar-refractivity contribution >= 4 is 6.09 Å². The fraction of sp³-hybridized carbons (Fsp3) is 0.917. The summed E-state index contributed by atoms with van der Waals surface area (Å²) >= 11 is 0. The quantitative estimate of drug-likeness (QED) is 0.730. The number of carbonyl (C=O) groups is 1. The molecule has 1 aliphatic rings. The molecule has 5 nitrogen and oxygen atoms in total. The number of hydrogen-bond acceptors (Lipinski definition) is 4. The first-order valence-electron chi connectivity index (χ1n) is 6.24. The number of hydrogen-bond donors (Lipinski definition) is 2. The lowest BCUT2D eigenvalue weighted by Crippen LogP contribution is -2.54. The minimum absolute atomic E-state index is 0.0359. The fourth-order valence-corrected chi connectivity index (χ4v) is 1.44. The summed E-state index contributed by atoms with van der Waals surface area (Å²) in [5.74, 6) is 0. The van der Waals surface area contributed by atoms with Crippen LogP contribution in [0.3, 0.4) is 0 Å². The zero-order valence-corrected chi connectivity index (χ0v) is 11.6. The smallest absolute Gasteiger partial charge is 0.410 e. The second kappa shape index (κ2) is 7.50. The van der Waals surface area contributed by atoms with E-state index >= 15 is 0 Å². The third-order valence-electron chi connectivity index (χ3n) is 2.13. The van der Waals surface area contributed by atoms with E-state index in [0.717, 1.165) is 0 Å². The first-order chi connectivity index (χ1) is 7.92. The van der Waals surface area contributed by atoms with Gasteiger partial charge in [-0.25, -0.2) is 4.79 Å². The fourth-order valence-electron chi connectivity index (χ4n) is 1.44. The van der Waals surface area contributed by atoms with E-state index in [2.05, 4.69) is 5.32 Å². The van der Waals surface area contributed by atoms with Crippen molar-refractivity contribution in [3.63, 3.8) is 0 Å². The number of piperazine rings is 1. The number of aliphatic hydroxyl groups is 1. The Kier molecular flexibility index (Phi) is 7.15. The van der Waals surface area contributed by atoms with Gasteiger partial charge in [0.25, 0.3) is 0 Å². The molecule has 1 rings (SSSR count). The molecule has 17 heavy (non-hydrogen) atoms. The normalized spacial score (nSPS) is 20.4. The Morgan fingerprint density at radius 3 is 2.53 bits per heavy atom. The van der Waals surface area contributed by atoms with Crippen molar-refractivity contribution in [2.24, 2.45) is 0 Å². The molecule has 1 fully saturated rings. The topological polar surface area (TPSA) is 61.8 Å². The maximum atomic E-state index is 11.7. The summed E-state index contributed by atoms with van der Waals surface area (Å²) in [6, 6.07) is -0.0359. The highest BCUT2D eigenvalue weighted by atomic mass is 16.6. The second-order valence-corrected chi connectivity index (χ2v) is 4.76. The standard InChI is InChI=1S/C10H20N2O3.C2H6/c1-10(2,3)15-9(14)12-5-4-11-8(6-12)7-13;1-2/h8,11,13H,4-7H2,1-3H3;1-2H3. The molecular formula is C12H26N2O3. The predicted octanol–water partition coefficient (Wildman–Crippen LogP) is 1.21. The van der Waals surface area contributed by atoms with Crippen LogP contribution in [0.2, 0.25) is 0 Å². The summed E-state index contributed by atoms with van der Waals surface area (Å²) in [6.45, 7) is 11.4. The molecule has 0 bridgehead atoms. The van der Waals surface area contributed by atoms with E-state index in [1.165, 1.54) is 0 Å². The summed E-state index contributed by atoms with van der Waals surface area (Å²) < 4.78 is 5.25. The van der Waals surface area contributed by atoms with Crippen molar-refractivity contribution in [3.05, 3.63) is 0 Å². The van der Waals surface area contributed by atoms with Crippen LogP contribution in [0.1, 0.15) is 34.6 Å². The Bertz CT molecular complexity index is 226. The van der Waals surface area contributed by atoms with E-state index in [-0.39, 0.29) is 18.7 Å². The lowest BCUT2D eigenvalue weighted by molar-refractivity contribution is 0.0173. The molecular weight excluding hydrogens is 220 g/mol. The van der Waals surface area contributed by atoms with Crippen LogP contribution >= 0.6 is 0 Å². The van der Waals surface area contributed by atoms with Crippen molar-refractivity contribution in [2.45, 2.75) is 46.3 Å². The van der Waals surface area contributed by atoms with Crippen LogP contribution in [0, 0.1) is 0 Å². The molecule has 1 aliphatic heterocycles. The molecule has 0 spiro atoms. The van der Waals surface area contributed by atoms with Crippen molar-refractivity contribution in [1.29, 1.82) is 0 Å². The third-order valence-corrected chi connectivity index (χ3v) is 2.13. The number of ether oxygens (including phenoxy) is 1. The Labute approximate surface area is 104 Å². The average molecular weight is 246 g/mol. The summed E-state index contributed by atoms with van der Waals surface area (Å²) in [5.41, 5.74) is -0.462. The summed E-state index contributed by atoms with van der Waals surface area (Å²) in [4.78, 5) is 13.3. The first kappa shape index (κ1) is 16.2. The Morgan fingerprint density at radius 2 is 2.06 bits per heavy atom. The van der Waals surface area contributed by atoms with Crippen LogP contribution in [0.5, 0.6) is 0 Å². The van der Waals surface area contributed by atoms with E-state index < -0.39 is 5.60 Å². The van der Waals surface area contributed by atoms with Crippen LogP contribution in [0.15, 0.2) is 0 Å². The molecule has 0 aromatic heterocycles. The summed E-state index contributed by atoms with van der Waals surface area (Å²) in [5, 5.41) is 12.1. The van der Waals surface area contributed by atoms with Gasteiger partial charge in [-0.05, 0) is 20.8 Å². The third kappa shape index (κ3) is 6.48. The minimum Gasteiger partial charge on any atom is -0.444 e. The van der Waals surface area contributed by atoms with E-state index in [9.17, 15) is 4.79 Å². The van der Waals surface area contributed by atoms with Gasteiger partial charge in [0.2, 0.25) is 0 Å². The molecule has 2 N–H and O–H groups in total. The molecule has 0 aromatic rings. The Hall–Kier alpha value is -0.810. The van der Waals surface area contributed by atoms with Crippen molar-refractivity contribution in [2.75, 3.05) is 26.2 Å². The maximum Gasteiger partial charge on any atom is 0.410 e. The zero-order chi connectivity index (χ0) is 13.5. The first-order valence-corrected chi connectivity index (χ1v) is 6.24. The maximum absolute atomic E-state index is 11.7. The molecule has 0 aliphatic carbocycles. The molecule has 1 saturated heterocycles. The SMILES string of the molecule is CC.CC(C)(C)OC(=O)N1CCNC(CO)C1. The van der Waals surface area contributed by atoms with Gasteiger partial charge in [-0.3, -0.25) is 0 Å². The Balaban J connectivity index is 0.00000121. The molecule has 1 unspecified atom stereocenters. The van der Waals surface area contributed by atoms with Gasteiger partial charge in [0.1, 0.15) is 5.60 Å². The highest BCUT2D eigenvalue weighted by molar-refractivity contribution is 5.68. The predicted molar refractivity (Wildman–Crippen MR) is 68.0 cm³/mol. The molecule has 102 valence electrons. The highest BCUT2D eigenvalue weighted by Crippen LogP contribution is 2.11. The molecule has 0 saturated carbocycles. The average Bonchev–Trinajstić information content (AvgIpc) is 2.29. The van der Waals surface area contributed by atoms with E-state index in [4.69, 9.17) is 9.84 Å². The van der Waals surface area contributed by atoms with Gasteiger partial charge in [0.15, 0.2) is 0 Å². The molecule has 1 atom stereocenters. The number of nitrogens with zero attached hydrogens (tertiary/aromatic N) is 1. The molecule has 0 radical (unpaired) electrons. The Morgan fingerprint density at radius 1 is 1.47 bits per heavy atom. The van der Waals surface area contributed by atoms with Crippen molar-refractivity contribution < 1.29 is 14.6 Å². The van der Waals surface area contributed by atoms with E-state index in [1.54, 1.807) is 4.90 Å². The number of carbonyl (C=O) groups excluding carboxylic acids is 1. The zero-order valence-electron chi connectivity index (χ0n) is 11.6. The van der Waals surface area contributed by atoms with Crippen LogP contribution < -0.4 is 5.32 Å². The molecule has 5 heteroatoms. The largest absolute Gasteiger partial charge is 0.444 e. The second-order valence-electron chi connectivity index (χ2n) is 4.76. The van der Waals surface area contributed by atoms with Gasteiger partial charge < -0.3 is 20.1 Å². The minimum atomic E-state index is -0.462. The van der Waals surface area contributed by atoms with Gasteiger partial charge in [-0.1, -0.05) is 13.8 Å². The van der Waals surface area contributed by atoms with E-state index in [0.29, 0.717) is 19.6 Å². The molecule has 1 heterocycles. The lowest BCUT2D eigenvalue weighted by Gasteiger charge is -2.34. The van der Waals surface area contributed by atoms with Crippen LogP contribution in [-0.4, -0.2) is 54.0 Å². The van der Waals surface area contributed by atoms with Gasteiger partial charge in [0.05, 0.1) is 6.61 Å². The number of rotatable bonds is 1. The van der Waals surface area contributed by atoms with Gasteiger partial charge in [0, 0.05) is 25.7 Å². The van der Waals surface area contributed by atoms with Crippen molar-refractivity contribution in [3.8, 4) is 0 Å². The van der Waals surface area contributed by atoms with Gasteiger partial charge in [-0.15, -0.1) is 0 Å². The monoisotopic (exact) mass is 246 g/mol. The van der Waals surface area contributed by atoms with Gasteiger partial charge in [-0.2, -0.15) is 0 Å².